The number of rotatable bonds is 5. The van der Waals surface area contributed by atoms with Gasteiger partial charge in [0.05, 0.1) is 5.69 Å². The average Bonchev–Trinajstić information content (AvgIpc) is 3.45. The number of hydrogen-bond donors (Lipinski definition) is 0. The maximum absolute atomic E-state index is 6.27. The molecule has 0 N–H and O–H groups in total. The minimum Gasteiger partial charge on any atom is -0.456 e. The van der Waals surface area contributed by atoms with Crippen molar-refractivity contribution in [1.82, 2.24) is 0 Å². The van der Waals surface area contributed by atoms with Crippen molar-refractivity contribution < 1.29 is 4.42 Å². The van der Waals surface area contributed by atoms with Crippen LogP contribution in [0, 0.1) is 0 Å². The van der Waals surface area contributed by atoms with Gasteiger partial charge in [0.25, 0.3) is 0 Å². The van der Waals surface area contributed by atoms with Crippen molar-refractivity contribution in [2.45, 2.75) is 0 Å². The Morgan fingerprint density at radius 2 is 1.05 bits per heavy atom. The van der Waals surface area contributed by atoms with E-state index in [1.807, 2.05) is 12.1 Å². The fourth-order valence-electron chi connectivity index (χ4n) is 6.07. The molecule has 0 fully saturated rings. The molecule has 0 aliphatic rings. The Hall–Kier alpha value is -5.60. The first-order valence-electron chi connectivity index (χ1n) is 14.3. The molecule has 8 aromatic rings. The highest BCUT2D eigenvalue weighted by molar-refractivity contribution is 6.14. The predicted molar refractivity (Wildman–Crippen MR) is 177 cm³/mol. The molecular weight excluding hydrogens is 510 g/mol. The second-order valence-electron chi connectivity index (χ2n) is 10.6. The van der Waals surface area contributed by atoms with Gasteiger partial charge in [-0.15, -0.1) is 0 Å². The van der Waals surface area contributed by atoms with Gasteiger partial charge >= 0.3 is 0 Å². The Labute approximate surface area is 244 Å². The molecule has 0 aliphatic heterocycles. The van der Waals surface area contributed by atoms with E-state index in [0.29, 0.717) is 0 Å². The average molecular weight is 538 g/mol. The Morgan fingerprint density at radius 1 is 0.405 bits per heavy atom. The van der Waals surface area contributed by atoms with Crippen molar-refractivity contribution in [1.29, 1.82) is 0 Å². The van der Waals surface area contributed by atoms with E-state index in [4.69, 9.17) is 4.42 Å². The topological polar surface area (TPSA) is 16.4 Å². The molecule has 0 amide bonds. The van der Waals surface area contributed by atoms with Crippen molar-refractivity contribution in [3.8, 4) is 22.3 Å². The van der Waals surface area contributed by atoms with Crippen LogP contribution in [0.15, 0.2) is 168 Å². The Kier molecular flexibility index (Phi) is 5.82. The third-order valence-corrected chi connectivity index (χ3v) is 8.06. The molecule has 0 unspecified atom stereocenters. The third kappa shape index (κ3) is 4.13. The number of para-hydroxylation sites is 2. The van der Waals surface area contributed by atoms with Gasteiger partial charge in [0.2, 0.25) is 0 Å². The summed E-state index contributed by atoms with van der Waals surface area (Å²) >= 11 is 0. The number of furan rings is 1. The molecule has 42 heavy (non-hydrogen) atoms. The first-order valence-corrected chi connectivity index (χ1v) is 14.3. The van der Waals surface area contributed by atoms with E-state index in [0.717, 1.165) is 50.1 Å². The second kappa shape index (κ2) is 10.1. The molecule has 198 valence electrons. The number of fused-ring (bicyclic) bond motifs is 4. The molecule has 1 heterocycles. The molecule has 0 saturated heterocycles. The van der Waals surface area contributed by atoms with Crippen molar-refractivity contribution in [2.75, 3.05) is 4.90 Å². The molecule has 0 radical (unpaired) electrons. The van der Waals surface area contributed by atoms with E-state index in [1.54, 1.807) is 0 Å². The van der Waals surface area contributed by atoms with E-state index in [2.05, 4.69) is 157 Å². The van der Waals surface area contributed by atoms with Gasteiger partial charge < -0.3 is 9.32 Å². The molecule has 0 aliphatic carbocycles. The predicted octanol–water partition coefficient (Wildman–Crippen LogP) is 11.5. The number of nitrogens with zero attached hydrogens (tertiary/aromatic N) is 1. The summed E-state index contributed by atoms with van der Waals surface area (Å²) < 4.78 is 6.27. The third-order valence-electron chi connectivity index (χ3n) is 8.06. The van der Waals surface area contributed by atoms with Gasteiger partial charge in [-0.2, -0.15) is 0 Å². The summed E-state index contributed by atoms with van der Waals surface area (Å²) in [6, 6.07) is 58.0. The number of anilines is 3. The van der Waals surface area contributed by atoms with E-state index < -0.39 is 0 Å². The molecule has 0 spiro atoms. The van der Waals surface area contributed by atoms with Gasteiger partial charge in [0, 0.05) is 27.7 Å². The summed E-state index contributed by atoms with van der Waals surface area (Å²) in [6.45, 7) is 0. The standard InChI is InChI=1S/C40H27NO/c1-2-11-28(12-3-1)30-21-24-32(25-22-30)41(33-26-23-29-13-4-5-14-31(29)27-33)37-18-8-6-15-34(37)35-17-10-20-39-40(35)36-16-7-9-19-38(36)42-39/h1-27H. The second-order valence-corrected chi connectivity index (χ2v) is 10.6. The van der Waals surface area contributed by atoms with Crippen LogP contribution in [0.5, 0.6) is 0 Å². The highest BCUT2D eigenvalue weighted by Crippen LogP contribution is 2.45. The van der Waals surface area contributed by atoms with Crippen LogP contribution in [-0.4, -0.2) is 0 Å². The van der Waals surface area contributed by atoms with Crippen molar-refractivity contribution in [2.24, 2.45) is 0 Å². The van der Waals surface area contributed by atoms with Crippen molar-refractivity contribution in [3.05, 3.63) is 164 Å². The smallest absolute Gasteiger partial charge is 0.136 e. The van der Waals surface area contributed by atoms with Crippen LogP contribution in [-0.2, 0) is 0 Å². The van der Waals surface area contributed by atoms with Crippen LogP contribution in [0.25, 0.3) is 55.0 Å². The summed E-state index contributed by atoms with van der Waals surface area (Å²) in [5.41, 5.74) is 9.82. The van der Waals surface area contributed by atoms with Gasteiger partial charge in [-0.1, -0.05) is 121 Å². The fraction of sp³-hybridized carbons (Fsp3) is 0. The van der Waals surface area contributed by atoms with E-state index in [9.17, 15) is 0 Å². The monoisotopic (exact) mass is 537 g/mol. The first-order chi connectivity index (χ1) is 20.8. The van der Waals surface area contributed by atoms with Crippen LogP contribution < -0.4 is 4.90 Å². The van der Waals surface area contributed by atoms with Crippen molar-refractivity contribution >= 4 is 49.8 Å². The van der Waals surface area contributed by atoms with E-state index in [1.165, 1.54) is 21.9 Å². The van der Waals surface area contributed by atoms with Crippen LogP contribution in [0.4, 0.5) is 17.1 Å². The molecule has 1 aromatic heterocycles. The summed E-state index contributed by atoms with van der Waals surface area (Å²) in [7, 11) is 0. The highest BCUT2D eigenvalue weighted by atomic mass is 16.3. The summed E-state index contributed by atoms with van der Waals surface area (Å²) in [6.07, 6.45) is 0. The van der Waals surface area contributed by atoms with Gasteiger partial charge in [-0.3, -0.25) is 0 Å². The van der Waals surface area contributed by atoms with Crippen molar-refractivity contribution in [3.63, 3.8) is 0 Å². The number of hydrogen-bond acceptors (Lipinski definition) is 2. The largest absolute Gasteiger partial charge is 0.456 e. The van der Waals surface area contributed by atoms with E-state index in [-0.39, 0.29) is 0 Å². The van der Waals surface area contributed by atoms with Gasteiger partial charge in [-0.25, -0.2) is 0 Å². The fourth-order valence-corrected chi connectivity index (χ4v) is 6.07. The molecular formula is C40H27NO. The maximum atomic E-state index is 6.27. The first kappa shape index (κ1) is 24.2. The van der Waals surface area contributed by atoms with Gasteiger partial charge in [0.15, 0.2) is 0 Å². The molecule has 8 rings (SSSR count). The molecule has 0 atom stereocenters. The quantitative estimate of drug-likeness (QED) is 0.217. The minimum atomic E-state index is 0.896. The molecule has 2 heteroatoms. The Balaban J connectivity index is 1.36. The lowest BCUT2D eigenvalue weighted by Crippen LogP contribution is -2.11. The summed E-state index contributed by atoms with van der Waals surface area (Å²) in [5, 5.41) is 4.70. The zero-order valence-corrected chi connectivity index (χ0v) is 22.9. The highest BCUT2D eigenvalue weighted by Gasteiger charge is 2.20. The van der Waals surface area contributed by atoms with Crippen LogP contribution in [0.3, 0.4) is 0 Å². The summed E-state index contributed by atoms with van der Waals surface area (Å²) in [4.78, 5) is 2.37. The lowest BCUT2D eigenvalue weighted by atomic mass is 9.96. The van der Waals surface area contributed by atoms with Gasteiger partial charge in [0.1, 0.15) is 11.2 Å². The van der Waals surface area contributed by atoms with E-state index >= 15 is 0 Å². The molecule has 0 bridgehead atoms. The SMILES string of the molecule is c1ccc(-c2ccc(N(c3ccc4ccccc4c3)c3ccccc3-c3cccc4oc5ccccc5c34)cc2)cc1. The molecule has 7 aromatic carbocycles. The number of benzene rings is 7. The molecule has 2 nitrogen and oxygen atoms in total. The lowest BCUT2D eigenvalue weighted by molar-refractivity contribution is 0.669. The van der Waals surface area contributed by atoms with Crippen LogP contribution in [0.2, 0.25) is 0 Å². The summed E-state index contributed by atoms with van der Waals surface area (Å²) in [5.74, 6) is 0. The Bertz CT molecular complexity index is 2190. The van der Waals surface area contributed by atoms with Gasteiger partial charge in [-0.05, 0) is 69.9 Å². The molecule has 0 saturated carbocycles. The lowest BCUT2D eigenvalue weighted by Gasteiger charge is -2.28. The zero-order chi connectivity index (χ0) is 27.9. The Morgan fingerprint density at radius 3 is 1.93 bits per heavy atom. The normalized spacial score (nSPS) is 11.3. The van der Waals surface area contributed by atoms with Crippen LogP contribution in [0.1, 0.15) is 0 Å². The minimum absolute atomic E-state index is 0.896. The maximum Gasteiger partial charge on any atom is 0.136 e. The zero-order valence-electron chi connectivity index (χ0n) is 22.9. The van der Waals surface area contributed by atoms with Crippen LogP contribution >= 0.6 is 0 Å².